The van der Waals surface area contributed by atoms with Gasteiger partial charge in [0, 0.05) is 13.1 Å². The van der Waals surface area contributed by atoms with E-state index in [9.17, 15) is 14.4 Å². The third-order valence-corrected chi connectivity index (χ3v) is 3.06. The number of esters is 1. The van der Waals surface area contributed by atoms with Gasteiger partial charge in [0.05, 0.1) is 6.61 Å². The molecular weight excluding hydrogens is 252 g/mol. The number of hydrogen-bond donors (Lipinski definition) is 1. The van der Waals surface area contributed by atoms with Crippen molar-refractivity contribution in [1.82, 2.24) is 9.80 Å². The lowest BCUT2D eigenvalue weighted by atomic mass is 10.2. The molecule has 1 heterocycles. The average molecular weight is 272 g/mol. The van der Waals surface area contributed by atoms with Crippen molar-refractivity contribution in [3.63, 3.8) is 0 Å². The maximum absolute atomic E-state index is 12.2. The van der Waals surface area contributed by atoms with E-state index in [0.29, 0.717) is 25.9 Å². The monoisotopic (exact) mass is 272 g/mol. The predicted octanol–water partition coefficient (Wildman–Crippen LogP) is 0.540. The van der Waals surface area contributed by atoms with Crippen LogP contribution in [0.15, 0.2) is 0 Å². The predicted molar refractivity (Wildman–Crippen MR) is 66.6 cm³/mol. The van der Waals surface area contributed by atoms with Crippen molar-refractivity contribution >= 4 is 18.0 Å². The molecule has 2 amide bonds. The SMILES string of the molecule is CCOC(=O)CN(CC)C(=O)N1CCCC1C(=O)O. The lowest BCUT2D eigenvalue weighted by Gasteiger charge is -2.28. The van der Waals surface area contributed by atoms with Crippen LogP contribution in [0.1, 0.15) is 26.7 Å². The van der Waals surface area contributed by atoms with Crippen molar-refractivity contribution in [2.24, 2.45) is 0 Å². The highest BCUT2D eigenvalue weighted by molar-refractivity contribution is 5.85. The molecule has 108 valence electrons. The zero-order valence-electron chi connectivity index (χ0n) is 11.3. The molecule has 1 aliphatic rings. The van der Waals surface area contributed by atoms with Crippen LogP contribution in [0.3, 0.4) is 0 Å². The fourth-order valence-corrected chi connectivity index (χ4v) is 2.11. The van der Waals surface area contributed by atoms with Crippen LogP contribution in [0.4, 0.5) is 4.79 Å². The Morgan fingerprint density at radius 3 is 2.58 bits per heavy atom. The second-order valence-electron chi connectivity index (χ2n) is 4.29. The third kappa shape index (κ3) is 3.84. The standard InChI is InChI=1S/C12H20N2O5/c1-3-13(8-10(15)19-4-2)12(18)14-7-5-6-9(14)11(16)17/h9H,3-8H2,1-2H3,(H,16,17). The summed E-state index contributed by atoms with van der Waals surface area (Å²) in [4.78, 5) is 37.3. The summed E-state index contributed by atoms with van der Waals surface area (Å²) in [5.41, 5.74) is 0. The number of ether oxygens (including phenoxy) is 1. The molecule has 1 atom stereocenters. The third-order valence-electron chi connectivity index (χ3n) is 3.06. The van der Waals surface area contributed by atoms with Crippen LogP contribution in [0.5, 0.6) is 0 Å². The lowest BCUT2D eigenvalue weighted by molar-refractivity contribution is -0.143. The minimum atomic E-state index is -1.00. The van der Waals surface area contributed by atoms with Crippen molar-refractivity contribution in [2.75, 3.05) is 26.2 Å². The number of likely N-dealkylation sites (N-methyl/N-ethyl adjacent to an activating group) is 1. The van der Waals surface area contributed by atoms with Crippen molar-refractivity contribution in [3.05, 3.63) is 0 Å². The molecular formula is C12H20N2O5. The van der Waals surface area contributed by atoms with Crippen LogP contribution < -0.4 is 0 Å². The molecule has 1 aliphatic heterocycles. The molecule has 1 unspecified atom stereocenters. The van der Waals surface area contributed by atoms with E-state index >= 15 is 0 Å². The molecule has 1 fully saturated rings. The largest absolute Gasteiger partial charge is 0.480 e. The van der Waals surface area contributed by atoms with Gasteiger partial charge in [-0.15, -0.1) is 0 Å². The summed E-state index contributed by atoms with van der Waals surface area (Å²) in [5.74, 6) is -1.48. The lowest BCUT2D eigenvalue weighted by Crippen LogP contribution is -2.49. The molecule has 0 aromatic heterocycles. The molecule has 0 aromatic carbocycles. The Kier molecular flexibility index (Phi) is 5.59. The molecule has 0 bridgehead atoms. The first-order chi connectivity index (χ1) is 9.01. The second kappa shape index (κ2) is 6.96. The smallest absolute Gasteiger partial charge is 0.326 e. The number of aliphatic carboxylic acids is 1. The number of rotatable bonds is 5. The van der Waals surface area contributed by atoms with Crippen LogP contribution in [-0.2, 0) is 14.3 Å². The Morgan fingerprint density at radius 1 is 1.37 bits per heavy atom. The van der Waals surface area contributed by atoms with Gasteiger partial charge in [0.15, 0.2) is 0 Å². The molecule has 1 saturated heterocycles. The molecule has 0 saturated carbocycles. The van der Waals surface area contributed by atoms with Gasteiger partial charge in [0.1, 0.15) is 12.6 Å². The van der Waals surface area contributed by atoms with Crippen molar-refractivity contribution < 1.29 is 24.2 Å². The molecule has 19 heavy (non-hydrogen) atoms. The Labute approximate surface area is 112 Å². The number of nitrogens with zero attached hydrogens (tertiary/aromatic N) is 2. The highest BCUT2D eigenvalue weighted by atomic mass is 16.5. The van der Waals surface area contributed by atoms with Crippen molar-refractivity contribution in [3.8, 4) is 0 Å². The van der Waals surface area contributed by atoms with Gasteiger partial charge < -0.3 is 19.6 Å². The molecule has 7 nitrogen and oxygen atoms in total. The first-order valence-electron chi connectivity index (χ1n) is 6.45. The van der Waals surface area contributed by atoms with Gasteiger partial charge in [-0.2, -0.15) is 0 Å². The number of amides is 2. The van der Waals surface area contributed by atoms with Gasteiger partial charge in [-0.05, 0) is 26.7 Å². The second-order valence-corrected chi connectivity index (χ2v) is 4.29. The molecule has 0 aromatic rings. The summed E-state index contributed by atoms with van der Waals surface area (Å²) in [6, 6.07) is -1.20. The first kappa shape index (κ1) is 15.3. The molecule has 0 spiro atoms. The van der Waals surface area contributed by atoms with Crippen LogP contribution in [-0.4, -0.2) is 65.2 Å². The maximum Gasteiger partial charge on any atom is 0.326 e. The Morgan fingerprint density at radius 2 is 2.05 bits per heavy atom. The minimum Gasteiger partial charge on any atom is -0.480 e. The van der Waals surface area contributed by atoms with E-state index in [1.54, 1.807) is 13.8 Å². The normalized spacial score (nSPS) is 18.2. The van der Waals surface area contributed by atoms with Crippen molar-refractivity contribution in [1.29, 1.82) is 0 Å². The van der Waals surface area contributed by atoms with Gasteiger partial charge in [-0.1, -0.05) is 0 Å². The number of hydrogen-bond acceptors (Lipinski definition) is 4. The van der Waals surface area contributed by atoms with E-state index in [-0.39, 0.29) is 13.2 Å². The van der Waals surface area contributed by atoms with E-state index in [0.717, 1.165) is 0 Å². The highest BCUT2D eigenvalue weighted by Gasteiger charge is 2.36. The van der Waals surface area contributed by atoms with Crippen LogP contribution >= 0.6 is 0 Å². The van der Waals surface area contributed by atoms with Gasteiger partial charge in [0.2, 0.25) is 0 Å². The molecule has 0 radical (unpaired) electrons. The molecule has 1 N–H and O–H groups in total. The van der Waals surface area contributed by atoms with Crippen LogP contribution in [0, 0.1) is 0 Å². The number of carboxylic acids is 1. The van der Waals surface area contributed by atoms with Gasteiger partial charge in [-0.25, -0.2) is 9.59 Å². The Balaban J connectivity index is 2.67. The fraction of sp³-hybridized carbons (Fsp3) is 0.750. The van der Waals surface area contributed by atoms with Crippen molar-refractivity contribution in [2.45, 2.75) is 32.7 Å². The summed E-state index contributed by atoms with van der Waals surface area (Å²) < 4.78 is 4.79. The van der Waals surface area contributed by atoms with Gasteiger partial charge >= 0.3 is 18.0 Å². The Bertz CT molecular complexity index is 358. The van der Waals surface area contributed by atoms with E-state index in [1.807, 2.05) is 0 Å². The number of urea groups is 1. The summed E-state index contributed by atoms with van der Waals surface area (Å²) in [6.07, 6.45) is 1.12. The number of carboxylic acid groups (broad SMARTS) is 1. The molecule has 0 aliphatic carbocycles. The number of carbonyl (C=O) groups is 3. The van der Waals surface area contributed by atoms with E-state index in [1.165, 1.54) is 9.80 Å². The number of likely N-dealkylation sites (tertiary alicyclic amines) is 1. The van der Waals surface area contributed by atoms with Crippen LogP contribution in [0.2, 0.25) is 0 Å². The summed E-state index contributed by atoms with van der Waals surface area (Å²) in [6.45, 7) is 4.29. The van der Waals surface area contributed by atoms with Gasteiger partial charge in [0.25, 0.3) is 0 Å². The van der Waals surface area contributed by atoms with Crippen LogP contribution in [0.25, 0.3) is 0 Å². The fourth-order valence-electron chi connectivity index (χ4n) is 2.11. The highest BCUT2D eigenvalue weighted by Crippen LogP contribution is 2.19. The zero-order valence-corrected chi connectivity index (χ0v) is 11.3. The maximum atomic E-state index is 12.2. The Hall–Kier alpha value is -1.79. The van der Waals surface area contributed by atoms with Gasteiger partial charge in [-0.3, -0.25) is 4.79 Å². The van der Waals surface area contributed by atoms with E-state index < -0.39 is 24.0 Å². The zero-order chi connectivity index (χ0) is 14.4. The average Bonchev–Trinajstić information content (AvgIpc) is 2.84. The van der Waals surface area contributed by atoms with E-state index in [2.05, 4.69) is 0 Å². The minimum absolute atomic E-state index is 0.147. The first-order valence-corrected chi connectivity index (χ1v) is 6.45. The molecule has 1 rings (SSSR count). The van der Waals surface area contributed by atoms with E-state index in [4.69, 9.17) is 9.84 Å². The number of carbonyl (C=O) groups excluding carboxylic acids is 2. The topological polar surface area (TPSA) is 87.2 Å². The summed E-state index contributed by atoms with van der Waals surface area (Å²) in [7, 11) is 0. The quantitative estimate of drug-likeness (QED) is 0.738. The summed E-state index contributed by atoms with van der Waals surface area (Å²) in [5, 5.41) is 9.05. The summed E-state index contributed by atoms with van der Waals surface area (Å²) >= 11 is 0. The molecule has 7 heteroatoms.